The molecule has 0 saturated heterocycles. The number of carbonyl (C=O) groups is 2. The van der Waals surface area contributed by atoms with Crippen molar-refractivity contribution in [1.29, 1.82) is 5.26 Å². The van der Waals surface area contributed by atoms with Crippen molar-refractivity contribution < 1.29 is 9.59 Å². The summed E-state index contributed by atoms with van der Waals surface area (Å²) in [6.45, 7) is 3.70. The van der Waals surface area contributed by atoms with E-state index in [4.69, 9.17) is 0 Å². The lowest BCUT2D eigenvalue weighted by Gasteiger charge is -2.23. The maximum absolute atomic E-state index is 12.9. The molecular weight excluding hydrogens is 326 g/mol. The molecule has 2 aromatic rings. The van der Waals surface area contributed by atoms with Crippen LogP contribution in [-0.2, 0) is 4.79 Å². The first-order valence-corrected chi connectivity index (χ1v) is 9.12. The number of nitrogens with one attached hydrogen (secondary N) is 1. The minimum absolute atomic E-state index is 0.0679. The van der Waals surface area contributed by atoms with Gasteiger partial charge in [0.15, 0.2) is 11.7 Å². The topological polar surface area (TPSA) is 82.8 Å². The monoisotopic (exact) mass is 349 g/mol. The average molecular weight is 349 g/mol. The fourth-order valence-corrected chi connectivity index (χ4v) is 3.56. The molecule has 5 nitrogen and oxygen atoms in total. The summed E-state index contributed by atoms with van der Waals surface area (Å²) in [6.07, 6.45) is 5.14. The van der Waals surface area contributed by atoms with Crippen molar-refractivity contribution >= 4 is 22.6 Å². The number of ketones is 1. The Morgan fingerprint density at radius 3 is 2.62 bits per heavy atom. The van der Waals surface area contributed by atoms with E-state index in [1.807, 2.05) is 31.2 Å². The van der Waals surface area contributed by atoms with Gasteiger partial charge in [0, 0.05) is 22.7 Å². The summed E-state index contributed by atoms with van der Waals surface area (Å²) < 4.78 is 0. The second-order valence-electron chi connectivity index (χ2n) is 7.09. The number of rotatable bonds is 4. The lowest BCUT2D eigenvalue weighted by Crippen LogP contribution is -2.42. The van der Waals surface area contributed by atoms with E-state index in [1.54, 1.807) is 13.0 Å². The van der Waals surface area contributed by atoms with E-state index in [0.717, 1.165) is 42.1 Å². The van der Waals surface area contributed by atoms with E-state index >= 15 is 0 Å². The lowest BCUT2D eigenvalue weighted by molar-refractivity contribution is -0.123. The number of nitrogens with zero attached hydrogens (tertiary/aromatic N) is 2. The third kappa shape index (κ3) is 3.75. The molecule has 1 aromatic carbocycles. The van der Waals surface area contributed by atoms with Crippen LogP contribution in [0.2, 0.25) is 0 Å². The van der Waals surface area contributed by atoms with E-state index < -0.39 is 17.6 Å². The van der Waals surface area contributed by atoms with Crippen molar-refractivity contribution in [1.82, 2.24) is 10.3 Å². The van der Waals surface area contributed by atoms with Crippen molar-refractivity contribution in [2.45, 2.75) is 52.0 Å². The molecule has 1 aromatic heterocycles. The molecule has 1 N–H and O–H groups in total. The quantitative estimate of drug-likeness (QED) is 0.675. The summed E-state index contributed by atoms with van der Waals surface area (Å²) in [4.78, 5) is 29.9. The van der Waals surface area contributed by atoms with Gasteiger partial charge < -0.3 is 5.32 Å². The molecule has 5 heteroatoms. The molecule has 0 spiro atoms. The number of aryl methyl sites for hydroxylation is 2. The van der Waals surface area contributed by atoms with Crippen molar-refractivity contribution in [2.24, 2.45) is 5.92 Å². The van der Waals surface area contributed by atoms with E-state index in [-0.39, 0.29) is 6.04 Å². The molecule has 1 amide bonds. The zero-order chi connectivity index (χ0) is 18.7. The minimum atomic E-state index is -1.33. The van der Waals surface area contributed by atoms with Gasteiger partial charge in [0.05, 0.1) is 11.6 Å². The Morgan fingerprint density at radius 1 is 1.19 bits per heavy atom. The number of fused-ring (bicyclic) bond motifs is 1. The van der Waals surface area contributed by atoms with Crippen LogP contribution in [-0.4, -0.2) is 22.7 Å². The summed E-state index contributed by atoms with van der Waals surface area (Å²) in [5, 5.41) is 13.2. The Hall–Kier alpha value is -2.74. The Morgan fingerprint density at radius 2 is 1.92 bits per heavy atom. The van der Waals surface area contributed by atoms with Crippen LogP contribution in [0.3, 0.4) is 0 Å². The van der Waals surface area contributed by atoms with Gasteiger partial charge in [-0.3, -0.25) is 14.6 Å². The van der Waals surface area contributed by atoms with Gasteiger partial charge >= 0.3 is 0 Å². The summed E-state index contributed by atoms with van der Waals surface area (Å²) >= 11 is 0. The highest BCUT2D eigenvalue weighted by atomic mass is 16.2. The molecule has 1 saturated carbocycles. The van der Waals surface area contributed by atoms with Crippen LogP contribution in [0.4, 0.5) is 0 Å². The zero-order valence-corrected chi connectivity index (χ0v) is 15.2. The molecule has 1 heterocycles. The first-order valence-electron chi connectivity index (χ1n) is 9.12. The van der Waals surface area contributed by atoms with E-state index in [9.17, 15) is 14.9 Å². The molecule has 0 aliphatic heterocycles. The molecule has 1 fully saturated rings. The molecule has 1 unspecified atom stereocenters. The second-order valence-corrected chi connectivity index (χ2v) is 7.09. The minimum Gasteiger partial charge on any atom is -0.352 e. The van der Waals surface area contributed by atoms with Crippen LogP contribution in [0, 0.1) is 31.1 Å². The standard InChI is InChI=1S/C21H23N3O2/c1-13-8-9-19-15(10-13)11-17(14(2)23-19)20(25)18(12-22)21(26)24-16-6-4-3-5-7-16/h8-11,16,18H,3-7H2,1-2H3,(H,24,26). The highest BCUT2D eigenvalue weighted by molar-refractivity contribution is 6.13. The van der Waals surface area contributed by atoms with Gasteiger partial charge in [0.1, 0.15) is 0 Å². The lowest BCUT2D eigenvalue weighted by atomic mass is 9.92. The molecule has 1 aliphatic rings. The van der Waals surface area contributed by atoms with Gasteiger partial charge in [0.2, 0.25) is 5.91 Å². The van der Waals surface area contributed by atoms with Gasteiger partial charge in [-0.1, -0.05) is 30.9 Å². The molecular formula is C21H23N3O2. The molecule has 0 bridgehead atoms. The average Bonchev–Trinajstić information content (AvgIpc) is 2.62. The molecule has 1 aliphatic carbocycles. The number of hydrogen-bond donors (Lipinski definition) is 1. The molecule has 3 rings (SSSR count). The molecule has 0 radical (unpaired) electrons. The number of benzene rings is 1. The van der Waals surface area contributed by atoms with E-state index in [2.05, 4.69) is 10.3 Å². The van der Waals surface area contributed by atoms with Gasteiger partial charge in [-0.05, 0) is 44.9 Å². The second kappa shape index (κ2) is 7.65. The van der Waals surface area contributed by atoms with Crippen LogP contribution in [0.1, 0.15) is 53.7 Å². The predicted octanol–water partition coefficient (Wildman–Crippen LogP) is 3.62. The van der Waals surface area contributed by atoms with Gasteiger partial charge in [-0.2, -0.15) is 5.26 Å². The summed E-state index contributed by atoms with van der Waals surface area (Å²) in [7, 11) is 0. The molecule has 26 heavy (non-hydrogen) atoms. The summed E-state index contributed by atoms with van der Waals surface area (Å²) in [5.41, 5.74) is 2.74. The number of Topliss-reactive ketones (excluding diaryl/α,β-unsaturated/α-hetero) is 1. The number of hydrogen-bond acceptors (Lipinski definition) is 4. The number of aromatic nitrogens is 1. The van der Waals surface area contributed by atoms with Crippen LogP contribution < -0.4 is 5.32 Å². The number of carbonyl (C=O) groups excluding carboxylic acids is 2. The van der Waals surface area contributed by atoms with E-state index in [0.29, 0.717) is 11.3 Å². The first-order chi connectivity index (χ1) is 12.5. The predicted molar refractivity (Wildman–Crippen MR) is 99.7 cm³/mol. The van der Waals surface area contributed by atoms with Crippen molar-refractivity contribution in [3.63, 3.8) is 0 Å². The number of amides is 1. The van der Waals surface area contributed by atoms with Gasteiger partial charge in [-0.25, -0.2) is 0 Å². The highest BCUT2D eigenvalue weighted by Gasteiger charge is 2.30. The third-order valence-electron chi connectivity index (χ3n) is 5.03. The van der Waals surface area contributed by atoms with E-state index in [1.165, 1.54) is 6.42 Å². The SMILES string of the molecule is Cc1ccc2nc(C)c(C(=O)C(C#N)C(=O)NC3CCCCC3)cc2c1. The zero-order valence-electron chi connectivity index (χ0n) is 15.2. The Labute approximate surface area is 153 Å². The summed E-state index contributed by atoms with van der Waals surface area (Å²) in [6, 6.07) is 9.51. The first kappa shape index (κ1) is 18.1. The largest absolute Gasteiger partial charge is 0.352 e. The van der Waals surface area contributed by atoms with Crippen LogP contribution in [0.15, 0.2) is 24.3 Å². The fourth-order valence-electron chi connectivity index (χ4n) is 3.56. The smallest absolute Gasteiger partial charge is 0.245 e. The van der Waals surface area contributed by atoms with Crippen molar-refractivity contribution in [3.05, 3.63) is 41.1 Å². The maximum atomic E-state index is 12.9. The van der Waals surface area contributed by atoms with Gasteiger partial charge in [-0.15, -0.1) is 0 Å². The van der Waals surface area contributed by atoms with Crippen LogP contribution >= 0.6 is 0 Å². The Bertz CT molecular complexity index is 892. The van der Waals surface area contributed by atoms with Crippen LogP contribution in [0.25, 0.3) is 10.9 Å². The summed E-state index contributed by atoms with van der Waals surface area (Å²) in [5.74, 6) is -2.30. The fraction of sp³-hybridized carbons (Fsp3) is 0.429. The normalized spacial score (nSPS) is 16.0. The number of pyridine rings is 1. The third-order valence-corrected chi connectivity index (χ3v) is 5.03. The maximum Gasteiger partial charge on any atom is 0.245 e. The van der Waals surface area contributed by atoms with Crippen molar-refractivity contribution in [3.8, 4) is 6.07 Å². The highest BCUT2D eigenvalue weighted by Crippen LogP contribution is 2.22. The van der Waals surface area contributed by atoms with Crippen molar-refractivity contribution in [2.75, 3.05) is 0 Å². The molecule has 1 atom stereocenters. The van der Waals surface area contributed by atoms with Gasteiger partial charge in [0.25, 0.3) is 0 Å². The van der Waals surface area contributed by atoms with Crippen LogP contribution in [0.5, 0.6) is 0 Å². The number of nitriles is 1. The Kier molecular flexibility index (Phi) is 5.32. The Balaban J connectivity index is 1.86. The molecule has 134 valence electrons.